The maximum atomic E-state index is 13.4. The first-order valence-electron chi connectivity index (χ1n) is 10.2. The molecule has 8 heteroatoms. The number of nitrogens with one attached hydrogen (secondary N) is 1. The number of nitrogens with zero attached hydrogens (tertiary/aromatic N) is 2. The van der Waals surface area contributed by atoms with Crippen molar-refractivity contribution in [2.24, 2.45) is 4.99 Å². The smallest absolute Gasteiger partial charge is 0.275 e. The van der Waals surface area contributed by atoms with Gasteiger partial charge >= 0.3 is 0 Å². The number of hydrogen-bond acceptors (Lipinski definition) is 4. The molecule has 2 amide bonds. The molecular weight excluding hydrogens is 421 g/mol. The van der Waals surface area contributed by atoms with Gasteiger partial charge in [0.1, 0.15) is 29.5 Å². The van der Waals surface area contributed by atoms with Crippen molar-refractivity contribution in [1.82, 2.24) is 4.90 Å². The van der Waals surface area contributed by atoms with Crippen molar-refractivity contribution < 1.29 is 18.7 Å². The lowest BCUT2D eigenvalue weighted by atomic mass is 9.88. The zero-order chi connectivity index (χ0) is 22.0. The topological polar surface area (TPSA) is 71.0 Å². The fourth-order valence-corrected chi connectivity index (χ4v) is 4.39. The van der Waals surface area contributed by atoms with Crippen molar-refractivity contribution in [3.05, 3.63) is 58.9 Å². The van der Waals surface area contributed by atoms with Gasteiger partial charge in [0.2, 0.25) is 5.91 Å². The fraction of sp³-hybridized carbons (Fsp3) is 0.348. The third-order valence-electron chi connectivity index (χ3n) is 5.79. The van der Waals surface area contributed by atoms with Gasteiger partial charge in [0.05, 0.1) is 12.1 Å². The second-order valence-corrected chi connectivity index (χ2v) is 8.21. The van der Waals surface area contributed by atoms with Crippen molar-refractivity contribution >= 4 is 34.8 Å². The minimum absolute atomic E-state index is 0.0797. The molecule has 0 bridgehead atoms. The number of ether oxygens (including phenoxy) is 1. The minimum atomic E-state index is -0.706. The summed E-state index contributed by atoms with van der Waals surface area (Å²) < 4.78 is 18.6. The Kier molecular flexibility index (Phi) is 5.96. The van der Waals surface area contributed by atoms with Gasteiger partial charge < -0.3 is 15.0 Å². The Morgan fingerprint density at radius 3 is 2.55 bits per heavy atom. The molecule has 2 aliphatic rings. The third-order valence-corrected chi connectivity index (χ3v) is 6.08. The summed E-state index contributed by atoms with van der Waals surface area (Å²) >= 11 is 5.80. The van der Waals surface area contributed by atoms with Gasteiger partial charge in [-0.1, -0.05) is 18.0 Å². The summed E-state index contributed by atoms with van der Waals surface area (Å²) in [5.41, 5.74) is 0.728. The standard InChI is InChI=1S/C23H23ClFN3O3/c1-31-17-8-5-15(6-9-17)21-22(30)28(23(27-21)11-3-2-4-12-23)14-20(29)26-16-7-10-19(25)18(24)13-16/h5-10,13H,2-4,11-12,14H2,1H3,(H,26,29). The lowest BCUT2D eigenvalue weighted by Gasteiger charge is -2.38. The van der Waals surface area contributed by atoms with Crippen molar-refractivity contribution in [3.8, 4) is 5.75 Å². The molecule has 0 atom stereocenters. The average molecular weight is 444 g/mol. The van der Waals surface area contributed by atoms with Crippen LogP contribution in [0.2, 0.25) is 5.02 Å². The molecule has 1 spiro atoms. The SMILES string of the molecule is COc1ccc(C2=NC3(CCCCC3)N(CC(=O)Nc3ccc(F)c(Cl)c3)C2=O)cc1. The quantitative estimate of drug-likeness (QED) is 0.743. The molecule has 162 valence electrons. The summed E-state index contributed by atoms with van der Waals surface area (Å²) in [6, 6.07) is 11.1. The van der Waals surface area contributed by atoms with Crippen molar-refractivity contribution in [1.29, 1.82) is 0 Å². The molecule has 1 aliphatic carbocycles. The van der Waals surface area contributed by atoms with Gasteiger partial charge in [0.25, 0.3) is 5.91 Å². The van der Waals surface area contributed by atoms with Gasteiger partial charge in [-0.15, -0.1) is 0 Å². The van der Waals surface area contributed by atoms with Crippen molar-refractivity contribution in [3.63, 3.8) is 0 Å². The van der Waals surface area contributed by atoms with Crippen molar-refractivity contribution in [2.45, 2.75) is 37.8 Å². The van der Waals surface area contributed by atoms with Gasteiger partial charge in [0, 0.05) is 11.3 Å². The first-order chi connectivity index (χ1) is 14.9. The van der Waals surface area contributed by atoms with E-state index in [1.165, 1.54) is 18.2 Å². The molecule has 0 aromatic heterocycles. The first-order valence-corrected chi connectivity index (χ1v) is 10.6. The van der Waals surface area contributed by atoms with Crippen LogP contribution < -0.4 is 10.1 Å². The Morgan fingerprint density at radius 1 is 1.19 bits per heavy atom. The molecule has 1 fully saturated rings. The number of rotatable bonds is 5. The first kappa shape index (κ1) is 21.3. The van der Waals surface area contributed by atoms with Crippen LogP contribution in [0.3, 0.4) is 0 Å². The van der Waals surface area contributed by atoms with E-state index in [0.29, 0.717) is 35.6 Å². The molecule has 0 saturated heterocycles. The molecular formula is C23H23ClFN3O3. The molecule has 0 radical (unpaired) electrons. The molecule has 1 saturated carbocycles. The van der Waals surface area contributed by atoms with Crippen LogP contribution in [0, 0.1) is 5.82 Å². The Balaban J connectivity index is 1.57. The fourth-order valence-electron chi connectivity index (χ4n) is 4.21. The summed E-state index contributed by atoms with van der Waals surface area (Å²) in [6.07, 6.45) is 4.40. The normalized spacial score (nSPS) is 17.6. The number of carbonyl (C=O) groups excluding carboxylic acids is 2. The Hall–Kier alpha value is -2.93. The molecule has 1 aliphatic heterocycles. The molecule has 1 N–H and O–H groups in total. The molecule has 0 unspecified atom stereocenters. The highest BCUT2D eigenvalue weighted by atomic mass is 35.5. The maximum Gasteiger partial charge on any atom is 0.275 e. The number of hydrogen-bond donors (Lipinski definition) is 1. The van der Waals surface area contributed by atoms with E-state index in [1.54, 1.807) is 36.3 Å². The Morgan fingerprint density at radius 2 is 1.90 bits per heavy atom. The molecule has 2 aromatic rings. The van der Waals surface area contributed by atoms with Gasteiger partial charge in [-0.25, -0.2) is 4.39 Å². The zero-order valence-electron chi connectivity index (χ0n) is 17.2. The molecule has 1 heterocycles. The predicted octanol–water partition coefficient (Wildman–Crippen LogP) is 4.42. The number of anilines is 1. The van der Waals surface area contributed by atoms with Crippen LogP contribution in [-0.4, -0.2) is 41.7 Å². The van der Waals surface area contributed by atoms with E-state index < -0.39 is 11.5 Å². The number of aliphatic imine (C=N–C) groups is 1. The van der Waals surface area contributed by atoms with E-state index in [9.17, 15) is 14.0 Å². The van der Waals surface area contributed by atoms with Gasteiger partial charge in [-0.2, -0.15) is 0 Å². The van der Waals surface area contributed by atoms with Crippen LogP contribution >= 0.6 is 11.6 Å². The number of methoxy groups -OCH3 is 1. The number of amides is 2. The number of halogens is 2. The summed E-state index contributed by atoms with van der Waals surface area (Å²) in [5.74, 6) is -0.518. The van der Waals surface area contributed by atoms with Crippen LogP contribution in [0.5, 0.6) is 5.75 Å². The number of carbonyl (C=O) groups is 2. The molecule has 2 aromatic carbocycles. The van der Waals surface area contributed by atoms with E-state index in [0.717, 1.165) is 19.3 Å². The molecule has 4 rings (SSSR count). The predicted molar refractivity (Wildman–Crippen MR) is 117 cm³/mol. The lowest BCUT2D eigenvalue weighted by Crippen LogP contribution is -2.51. The highest BCUT2D eigenvalue weighted by molar-refractivity contribution is 6.47. The van der Waals surface area contributed by atoms with E-state index in [1.807, 2.05) is 0 Å². The van der Waals surface area contributed by atoms with Crippen LogP contribution in [0.25, 0.3) is 0 Å². The monoisotopic (exact) mass is 443 g/mol. The summed E-state index contributed by atoms with van der Waals surface area (Å²) in [4.78, 5) is 32.5. The van der Waals surface area contributed by atoms with Crippen LogP contribution in [-0.2, 0) is 9.59 Å². The molecule has 31 heavy (non-hydrogen) atoms. The zero-order valence-corrected chi connectivity index (χ0v) is 17.9. The highest BCUT2D eigenvalue weighted by Gasteiger charge is 2.48. The maximum absolute atomic E-state index is 13.4. The number of benzene rings is 2. The van der Waals surface area contributed by atoms with Crippen LogP contribution in [0.15, 0.2) is 47.5 Å². The Bertz CT molecular complexity index is 1030. The van der Waals surface area contributed by atoms with Gasteiger partial charge in [0.15, 0.2) is 0 Å². The second kappa shape index (κ2) is 8.67. The van der Waals surface area contributed by atoms with E-state index in [4.69, 9.17) is 21.3 Å². The van der Waals surface area contributed by atoms with Gasteiger partial charge in [-0.05, 0) is 68.1 Å². The lowest BCUT2D eigenvalue weighted by molar-refractivity contribution is -0.134. The minimum Gasteiger partial charge on any atom is -0.497 e. The summed E-state index contributed by atoms with van der Waals surface area (Å²) in [5, 5.41) is 2.62. The average Bonchev–Trinajstić information content (AvgIpc) is 3.03. The highest BCUT2D eigenvalue weighted by Crippen LogP contribution is 2.39. The van der Waals surface area contributed by atoms with E-state index >= 15 is 0 Å². The van der Waals surface area contributed by atoms with E-state index in [-0.39, 0.29) is 23.4 Å². The Labute approximate surface area is 185 Å². The summed E-state index contributed by atoms with van der Waals surface area (Å²) in [7, 11) is 1.58. The molecule has 6 nitrogen and oxygen atoms in total. The van der Waals surface area contributed by atoms with E-state index in [2.05, 4.69) is 5.32 Å². The summed E-state index contributed by atoms with van der Waals surface area (Å²) in [6.45, 7) is -0.142. The van der Waals surface area contributed by atoms with Gasteiger partial charge in [-0.3, -0.25) is 14.6 Å². The second-order valence-electron chi connectivity index (χ2n) is 7.80. The largest absolute Gasteiger partial charge is 0.497 e. The van der Waals surface area contributed by atoms with Crippen LogP contribution in [0.1, 0.15) is 37.7 Å². The van der Waals surface area contributed by atoms with Crippen molar-refractivity contribution in [2.75, 3.05) is 19.0 Å². The third kappa shape index (κ3) is 4.28. The van der Waals surface area contributed by atoms with Crippen LogP contribution in [0.4, 0.5) is 10.1 Å².